The van der Waals surface area contributed by atoms with Crippen molar-refractivity contribution < 1.29 is 38.7 Å². The van der Waals surface area contributed by atoms with E-state index in [0.717, 1.165) is 5.56 Å². The molecule has 0 spiro atoms. The van der Waals surface area contributed by atoms with E-state index in [9.17, 15) is 38.7 Å². The largest absolute Gasteiger partial charge is 0.480 e. The fourth-order valence-electron chi connectivity index (χ4n) is 7.48. The summed E-state index contributed by atoms with van der Waals surface area (Å²) < 4.78 is 0. The maximum Gasteiger partial charge on any atom is 0.326 e. The lowest BCUT2D eigenvalue weighted by molar-refractivity contribution is -0.145. The number of carbonyl (C=O) groups is 7. The van der Waals surface area contributed by atoms with E-state index in [4.69, 9.17) is 40.1 Å². The summed E-state index contributed by atoms with van der Waals surface area (Å²) in [6.07, 6.45) is 4.57. The molecule has 1 aliphatic rings. The zero-order chi connectivity index (χ0) is 50.6. The molecule has 2 unspecified atom stereocenters. The number of guanidine groups is 3. The first kappa shape index (κ1) is 57.4. The zero-order valence-corrected chi connectivity index (χ0v) is 39.5. The third kappa shape index (κ3) is 21.7. The van der Waals surface area contributed by atoms with Crippen LogP contribution in [0.25, 0.3) is 0 Å². The van der Waals surface area contributed by atoms with E-state index in [1.54, 1.807) is 0 Å². The van der Waals surface area contributed by atoms with Gasteiger partial charge in [0.25, 0.3) is 0 Å². The Bertz CT molecular complexity index is 1870. The molecule has 0 bridgehead atoms. The Morgan fingerprint density at radius 1 is 0.603 bits per heavy atom. The summed E-state index contributed by atoms with van der Waals surface area (Å²) >= 11 is 0. The van der Waals surface area contributed by atoms with Crippen LogP contribution < -0.4 is 66.7 Å². The number of benzene rings is 1. The second kappa shape index (κ2) is 31.3. The lowest BCUT2D eigenvalue weighted by Gasteiger charge is -2.31. The van der Waals surface area contributed by atoms with Gasteiger partial charge in [-0.3, -0.25) is 43.7 Å². The Morgan fingerprint density at radius 2 is 1.01 bits per heavy atom. The highest BCUT2D eigenvalue weighted by Gasteiger charge is 2.40. The molecule has 2 rings (SSSR count). The molecule has 1 saturated heterocycles. The molecule has 0 saturated carbocycles. The number of unbranched alkanes of at least 4 members (excludes halogenated alkanes) is 2. The number of aliphatic imine (C=N–C) groups is 3. The van der Waals surface area contributed by atoms with Gasteiger partial charge in [0.05, 0.1) is 6.04 Å². The molecule has 1 aliphatic heterocycles. The summed E-state index contributed by atoms with van der Waals surface area (Å²) in [6, 6.07) is 1.26. The molecular weight excluding hydrogens is 881 g/mol. The minimum absolute atomic E-state index is 0.0214. The van der Waals surface area contributed by atoms with Crippen LogP contribution in [0.3, 0.4) is 0 Å². The smallest absolute Gasteiger partial charge is 0.326 e. The Hall–Kier alpha value is -6.72. The average Bonchev–Trinajstić information content (AvgIpc) is 3.79. The van der Waals surface area contributed by atoms with Gasteiger partial charge in [0.1, 0.15) is 36.3 Å². The van der Waals surface area contributed by atoms with E-state index in [1.165, 1.54) is 4.90 Å². The van der Waals surface area contributed by atoms with E-state index in [2.05, 4.69) is 41.6 Å². The number of nitrogens with zero attached hydrogens (tertiary/aromatic N) is 4. The van der Waals surface area contributed by atoms with E-state index in [0.29, 0.717) is 32.1 Å². The molecule has 0 aliphatic carbocycles. The summed E-state index contributed by atoms with van der Waals surface area (Å²) in [5.74, 6) is -5.63. The van der Waals surface area contributed by atoms with Crippen molar-refractivity contribution >= 4 is 59.3 Å². The van der Waals surface area contributed by atoms with Crippen LogP contribution >= 0.6 is 0 Å². The minimum Gasteiger partial charge on any atom is -0.480 e. The maximum atomic E-state index is 14.3. The normalized spacial score (nSPS) is 15.8. The van der Waals surface area contributed by atoms with Crippen molar-refractivity contribution in [2.45, 2.75) is 152 Å². The fourth-order valence-corrected chi connectivity index (χ4v) is 7.48. The van der Waals surface area contributed by atoms with Crippen LogP contribution in [-0.2, 0) is 40.0 Å². The molecular formula is C44H76N16O8. The molecule has 1 heterocycles. The minimum atomic E-state index is -1.28. The number of carbonyl (C=O) groups excluding carboxylic acids is 6. The van der Waals surface area contributed by atoms with Crippen molar-refractivity contribution in [1.82, 2.24) is 31.5 Å². The van der Waals surface area contributed by atoms with Crippen LogP contribution in [0.1, 0.15) is 109 Å². The number of amides is 6. The standard InChI is InChI=1S/C44H76N16O8/c1-3-5-16-29(55-35(61)28(45)26-27-14-8-7-9-15-27)36(62)57-31(18-10-22-52-42(46)47)37(63)56-30(17-6-4-2)38(64)58-32(19-11-23-53-43(48)49)40(66)60-25-13-21-34(60)39(65)59-33(41(67)68)20-12-24-54-44(50)51/h7-9,14-15,28-34H,3-6,10-13,16-26,45H2,1-2H3,(H,55,61)(H,56,63)(H,57,62)(H,58,64)(H,59,65)(H,67,68)(H4,46,47,52)(H4,48,49,53)(H4,50,51,54)/t28-,29?,30?,31-,32-,33-,34-/m0/s1. The SMILES string of the molecule is CCCCC(NC(=O)[C@H](CCCN=C(N)N)NC(=O)C(CCCC)NC(=O)[C@@H](N)Cc1ccccc1)C(=O)N[C@@H](CCCN=C(N)N)C(=O)N1CCC[C@H]1C(=O)N[C@@H](CCCN=C(N)N)C(=O)O. The Morgan fingerprint density at radius 3 is 1.46 bits per heavy atom. The number of rotatable bonds is 32. The number of carboxylic acid groups (broad SMARTS) is 1. The Balaban J connectivity index is 2.37. The monoisotopic (exact) mass is 957 g/mol. The highest BCUT2D eigenvalue weighted by molar-refractivity contribution is 5.97. The van der Waals surface area contributed by atoms with Gasteiger partial charge in [-0.25, -0.2) is 4.79 Å². The van der Waals surface area contributed by atoms with Crippen LogP contribution in [0.5, 0.6) is 0 Å². The van der Waals surface area contributed by atoms with E-state index in [-0.39, 0.29) is 108 Å². The Labute approximate surface area is 398 Å². The third-order valence-corrected chi connectivity index (χ3v) is 11.1. The Kier molecular flexibility index (Phi) is 26.4. The molecule has 24 heteroatoms. The summed E-state index contributed by atoms with van der Waals surface area (Å²) in [7, 11) is 0. The van der Waals surface area contributed by atoms with Gasteiger partial charge in [0.2, 0.25) is 35.4 Å². The van der Waals surface area contributed by atoms with Gasteiger partial charge >= 0.3 is 5.97 Å². The number of aliphatic carboxylic acids is 1. The second-order valence-corrected chi connectivity index (χ2v) is 16.8. The molecule has 380 valence electrons. The van der Waals surface area contributed by atoms with E-state index >= 15 is 0 Å². The zero-order valence-electron chi connectivity index (χ0n) is 39.5. The van der Waals surface area contributed by atoms with Crippen LogP contribution in [0, 0.1) is 0 Å². The predicted molar refractivity (Wildman–Crippen MR) is 259 cm³/mol. The number of carboxylic acids is 1. The van der Waals surface area contributed by atoms with Gasteiger partial charge in [-0.05, 0) is 76.2 Å². The maximum absolute atomic E-state index is 14.3. The van der Waals surface area contributed by atoms with Crippen LogP contribution in [0.4, 0.5) is 0 Å². The van der Waals surface area contributed by atoms with Crippen LogP contribution in [0.15, 0.2) is 45.3 Å². The molecule has 7 atom stereocenters. The first-order valence-electron chi connectivity index (χ1n) is 23.4. The molecule has 20 N–H and O–H groups in total. The molecule has 6 amide bonds. The number of nitrogens with two attached hydrogens (primary N) is 7. The van der Waals surface area contributed by atoms with Gasteiger partial charge in [-0.2, -0.15) is 0 Å². The summed E-state index contributed by atoms with van der Waals surface area (Å²) in [4.78, 5) is 109. The highest BCUT2D eigenvalue weighted by Crippen LogP contribution is 2.21. The van der Waals surface area contributed by atoms with Crippen molar-refractivity contribution in [3.8, 4) is 0 Å². The molecule has 24 nitrogen and oxygen atoms in total. The van der Waals surface area contributed by atoms with Crippen molar-refractivity contribution in [3.63, 3.8) is 0 Å². The molecule has 0 radical (unpaired) electrons. The van der Waals surface area contributed by atoms with Crippen molar-refractivity contribution in [3.05, 3.63) is 35.9 Å². The summed E-state index contributed by atoms with van der Waals surface area (Å²) in [6.45, 7) is 4.36. The van der Waals surface area contributed by atoms with Gasteiger partial charge in [0, 0.05) is 26.2 Å². The van der Waals surface area contributed by atoms with Crippen molar-refractivity contribution in [2.75, 3.05) is 26.2 Å². The first-order valence-corrected chi connectivity index (χ1v) is 23.4. The molecule has 1 fully saturated rings. The molecule has 1 aromatic carbocycles. The van der Waals surface area contributed by atoms with Gasteiger partial charge in [0.15, 0.2) is 17.9 Å². The van der Waals surface area contributed by atoms with Crippen molar-refractivity contribution in [2.24, 2.45) is 55.1 Å². The van der Waals surface area contributed by atoms with E-state index in [1.807, 2.05) is 44.2 Å². The van der Waals surface area contributed by atoms with Gasteiger partial charge in [-0.1, -0.05) is 69.9 Å². The topological polar surface area (TPSA) is 422 Å². The molecule has 0 aromatic heterocycles. The lowest BCUT2D eigenvalue weighted by atomic mass is 10.0. The second-order valence-electron chi connectivity index (χ2n) is 16.8. The quantitative estimate of drug-likeness (QED) is 0.0203. The highest BCUT2D eigenvalue weighted by atomic mass is 16.4. The predicted octanol–water partition coefficient (Wildman–Crippen LogP) is -2.40. The van der Waals surface area contributed by atoms with Gasteiger partial charge in [-0.15, -0.1) is 0 Å². The van der Waals surface area contributed by atoms with Gasteiger partial charge < -0.3 is 76.7 Å². The summed E-state index contributed by atoms with van der Waals surface area (Å²) in [5, 5.41) is 23.4. The third-order valence-electron chi connectivity index (χ3n) is 11.1. The number of likely N-dealkylation sites (tertiary alicyclic amines) is 1. The number of hydrogen-bond donors (Lipinski definition) is 13. The van der Waals surface area contributed by atoms with Crippen LogP contribution in [0.2, 0.25) is 0 Å². The number of nitrogens with one attached hydrogen (secondary N) is 5. The molecule has 1 aromatic rings. The van der Waals surface area contributed by atoms with Crippen molar-refractivity contribution in [1.29, 1.82) is 0 Å². The number of hydrogen-bond acceptors (Lipinski definition) is 11. The lowest BCUT2D eigenvalue weighted by Crippen LogP contribution is -2.59. The average molecular weight is 957 g/mol. The first-order chi connectivity index (χ1) is 32.4. The molecule has 68 heavy (non-hydrogen) atoms. The van der Waals surface area contributed by atoms with Crippen LogP contribution in [-0.4, -0.2) is 138 Å². The fraction of sp³-hybridized carbons (Fsp3) is 0.636. The summed E-state index contributed by atoms with van der Waals surface area (Å²) in [5.41, 5.74) is 39.9. The van der Waals surface area contributed by atoms with E-state index < -0.39 is 83.7 Å².